The van der Waals surface area contributed by atoms with Gasteiger partial charge in [-0.3, -0.25) is 4.79 Å². The summed E-state index contributed by atoms with van der Waals surface area (Å²) in [7, 11) is 0. The standard InChI is InChI=1S/C11H11FO/c1-6-3-4-9(12)8-5-7(2)11(13)10(6)8/h3-4,7H,5H2,1-2H3. The third-order valence-electron chi connectivity index (χ3n) is 2.67. The van der Waals surface area contributed by atoms with E-state index in [1.807, 2.05) is 13.8 Å². The van der Waals surface area contributed by atoms with Crippen molar-refractivity contribution in [1.29, 1.82) is 0 Å². The molecule has 0 radical (unpaired) electrons. The third-order valence-corrected chi connectivity index (χ3v) is 2.67. The Morgan fingerprint density at radius 1 is 1.46 bits per heavy atom. The van der Waals surface area contributed by atoms with Crippen LogP contribution in [0.2, 0.25) is 0 Å². The van der Waals surface area contributed by atoms with E-state index in [0.29, 0.717) is 17.5 Å². The number of hydrogen-bond acceptors (Lipinski definition) is 1. The number of Topliss-reactive ketones (excluding diaryl/α,β-unsaturated/α-hetero) is 1. The number of ketones is 1. The molecule has 1 nitrogen and oxygen atoms in total. The van der Waals surface area contributed by atoms with Gasteiger partial charge in [-0.25, -0.2) is 4.39 Å². The highest BCUT2D eigenvalue weighted by atomic mass is 19.1. The molecule has 1 aromatic carbocycles. The minimum absolute atomic E-state index is 0.0504. The van der Waals surface area contributed by atoms with E-state index in [-0.39, 0.29) is 17.5 Å². The van der Waals surface area contributed by atoms with Crippen molar-refractivity contribution >= 4 is 5.78 Å². The highest BCUT2D eigenvalue weighted by Crippen LogP contribution is 2.30. The van der Waals surface area contributed by atoms with E-state index < -0.39 is 0 Å². The molecule has 0 spiro atoms. The average molecular weight is 178 g/mol. The fourth-order valence-corrected chi connectivity index (χ4v) is 1.93. The SMILES string of the molecule is Cc1ccc(F)c2c1C(=O)C(C)C2. The summed E-state index contributed by atoms with van der Waals surface area (Å²) in [5.74, 6) is -0.198. The van der Waals surface area contributed by atoms with Crippen LogP contribution in [-0.4, -0.2) is 5.78 Å². The van der Waals surface area contributed by atoms with Crippen molar-refractivity contribution < 1.29 is 9.18 Å². The molecule has 68 valence electrons. The van der Waals surface area contributed by atoms with Gasteiger partial charge in [0.15, 0.2) is 5.78 Å². The molecule has 0 saturated heterocycles. The monoisotopic (exact) mass is 178 g/mol. The molecule has 1 atom stereocenters. The summed E-state index contributed by atoms with van der Waals surface area (Å²) in [6, 6.07) is 3.11. The van der Waals surface area contributed by atoms with Gasteiger partial charge in [0, 0.05) is 11.5 Å². The van der Waals surface area contributed by atoms with Crippen LogP contribution >= 0.6 is 0 Å². The van der Waals surface area contributed by atoms with Crippen LogP contribution in [0.1, 0.15) is 28.4 Å². The second-order valence-electron chi connectivity index (χ2n) is 3.69. The molecule has 0 heterocycles. The van der Waals surface area contributed by atoms with Crippen molar-refractivity contribution in [3.63, 3.8) is 0 Å². The maximum atomic E-state index is 13.3. The van der Waals surface area contributed by atoms with E-state index >= 15 is 0 Å². The van der Waals surface area contributed by atoms with Crippen molar-refractivity contribution in [2.24, 2.45) is 5.92 Å². The Hall–Kier alpha value is -1.18. The first-order chi connectivity index (χ1) is 6.11. The van der Waals surface area contributed by atoms with Crippen LogP contribution in [0.5, 0.6) is 0 Å². The van der Waals surface area contributed by atoms with Gasteiger partial charge in [-0.05, 0) is 30.5 Å². The van der Waals surface area contributed by atoms with Crippen LogP contribution in [0, 0.1) is 18.7 Å². The second-order valence-corrected chi connectivity index (χ2v) is 3.69. The van der Waals surface area contributed by atoms with Gasteiger partial charge < -0.3 is 0 Å². The van der Waals surface area contributed by atoms with Crippen molar-refractivity contribution in [2.75, 3.05) is 0 Å². The summed E-state index contributed by atoms with van der Waals surface area (Å²) >= 11 is 0. The molecular formula is C11H11FO. The van der Waals surface area contributed by atoms with Crippen molar-refractivity contribution in [3.05, 3.63) is 34.6 Å². The third kappa shape index (κ3) is 1.09. The van der Waals surface area contributed by atoms with Crippen LogP contribution < -0.4 is 0 Å². The minimum Gasteiger partial charge on any atom is -0.294 e. The number of carbonyl (C=O) groups is 1. The van der Waals surface area contributed by atoms with Crippen LogP contribution in [0.15, 0.2) is 12.1 Å². The van der Waals surface area contributed by atoms with Crippen LogP contribution in [-0.2, 0) is 6.42 Å². The predicted molar refractivity (Wildman–Crippen MR) is 48.3 cm³/mol. The van der Waals surface area contributed by atoms with Crippen molar-refractivity contribution in [1.82, 2.24) is 0 Å². The molecule has 1 unspecified atom stereocenters. The summed E-state index contributed by atoms with van der Waals surface area (Å²) in [5.41, 5.74) is 2.12. The average Bonchev–Trinajstić information content (AvgIpc) is 2.38. The molecule has 0 aliphatic heterocycles. The lowest BCUT2D eigenvalue weighted by Crippen LogP contribution is -2.04. The first-order valence-electron chi connectivity index (χ1n) is 4.43. The van der Waals surface area contributed by atoms with Crippen LogP contribution in [0.3, 0.4) is 0 Å². The van der Waals surface area contributed by atoms with Crippen LogP contribution in [0.25, 0.3) is 0 Å². The number of rotatable bonds is 0. The Morgan fingerprint density at radius 2 is 2.15 bits per heavy atom. The molecule has 2 rings (SSSR count). The maximum Gasteiger partial charge on any atom is 0.166 e. The summed E-state index contributed by atoms with van der Waals surface area (Å²) < 4.78 is 13.3. The first-order valence-corrected chi connectivity index (χ1v) is 4.43. The Morgan fingerprint density at radius 3 is 2.77 bits per heavy atom. The number of fused-ring (bicyclic) bond motifs is 1. The first kappa shape index (κ1) is 8.42. The molecule has 13 heavy (non-hydrogen) atoms. The molecule has 0 fully saturated rings. The van der Waals surface area contributed by atoms with Gasteiger partial charge in [-0.2, -0.15) is 0 Å². The van der Waals surface area contributed by atoms with E-state index in [4.69, 9.17) is 0 Å². The normalized spacial score (nSPS) is 20.5. The van der Waals surface area contributed by atoms with Crippen LogP contribution in [0.4, 0.5) is 4.39 Å². The van der Waals surface area contributed by atoms with Crippen molar-refractivity contribution in [3.8, 4) is 0 Å². The molecular weight excluding hydrogens is 167 g/mol. The minimum atomic E-state index is -0.238. The van der Waals surface area contributed by atoms with E-state index in [9.17, 15) is 9.18 Å². The molecule has 1 aliphatic carbocycles. The molecule has 0 amide bonds. The Kier molecular flexibility index (Phi) is 1.72. The molecule has 0 N–H and O–H groups in total. The fraction of sp³-hybridized carbons (Fsp3) is 0.364. The number of hydrogen-bond donors (Lipinski definition) is 0. The zero-order valence-electron chi connectivity index (χ0n) is 7.73. The van der Waals surface area contributed by atoms with Gasteiger partial charge in [-0.15, -0.1) is 0 Å². The smallest absolute Gasteiger partial charge is 0.166 e. The Labute approximate surface area is 76.6 Å². The van der Waals surface area contributed by atoms with E-state index in [1.165, 1.54) is 6.07 Å². The van der Waals surface area contributed by atoms with Gasteiger partial charge >= 0.3 is 0 Å². The predicted octanol–water partition coefficient (Wildman–Crippen LogP) is 2.51. The molecule has 0 bridgehead atoms. The second kappa shape index (κ2) is 2.66. The van der Waals surface area contributed by atoms with E-state index in [1.54, 1.807) is 6.07 Å². The highest BCUT2D eigenvalue weighted by Gasteiger charge is 2.30. The largest absolute Gasteiger partial charge is 0.294 e. The lowest BCUT2D eigenvalue weighted by Gasteiger charge is -2.02. The lowest BCUT2D eigenvalue weighted by molar-refractivity contribution is 0.0946. The maximum absolute atomic E-state index is 13.3. The van der Waals surface area contributed by atoms with Gasteiger partial charge in [0.25, 0.3) is 0 Å². The molecule has 2 heteroatoms. The summed E-state index contributed by atoms with van der Waals surface area (Å²) in [6.45, 7) is 3.70. The van der Waals surface area contributed by atoms with E-state index in [0.717, 1.165) is 5.56 Å². The van der Waals surface area contributed by atoms with Gasteiger partial charge in [0.05, 0.1) is 0 Å². The number of aryl methyl sites for hydroxylation is 1. The summed E-state index contributed by atoms with van der Waals surface area (Å²) in [6.07, 6.45) is 0.557. The summed E-state index contributed by atoms with van der Waals surface area (Å²) in [5, 5.41) is 0. The quantitative estimate of drug-likeness (QED) is 0.596. The van der Waals surface area contributed by atoms with Gasteiger partial charge in [0.1, 0.15) is 5.82 Å². The van der Waals surface area contributed by atoms with Gasteiger partial charge in [0.2, 0.25) is 0 Å². The number of carbonyl (C=O) groups excluding carboxylic acids is 1. The highest BCUT2D eigenvalue weighted by molar-refractivity contribution is 6.03. The number of halogens is 1. The molecule has 0 saturated carbocycles. The number of benzene rings is 1. The van der Waals surface area contributed by atoms with Crippen molar-refractivity contribution in [2.45, 2.75) is 20.3 Å². The Bertz CT molecular complexity index is 382. The molecule has 0 aromatic heterocycles. The topological polar surface area (TPSA) is 17.1 Å². The zero-order chi connectivity index (χ0) is 9.59. The van der Waals surface area contributed by atoms with E-state index in [2.05, 4.69) is 0 Å². The molecule has 1 aromatic rings. The Balaban J connectivity index is 2.68. The zero-order valence-corrected chi connectivity index (χ0v) is 7.73. The van der Waals surface area contributed by atoms with Gasteiger partial charge in [-0.1, -0.05) is 13.0 Å². The summed E-state index contributed by atoms with van der Waals surface area (Å²) in [4.78, 5) is 11.6. The molecule has 1 aliphatic rings. The lowest BCUT2D eigenvalue weighted by atomic mass is 10.0. The fourth-order valence-electron chi connectivity index (χ4n) is 1.93.